The van der Waals surface area contributed by atoms with Gasteiger partial charge in [0.1, 0.15) is 0 Å². The summed E-state index contributed by atoms with van der Waals surface area (Å²) in [6.45, 7) is 12.1. The monoisotopic (exact) mass is 381 g/mol. The molecule has 1 aromatic carbocycles. The fraction of sp³-hybridized carbons (Fsp3) is 0.125. The minimum Gasteiger partial charge on any atom is -0.312 e. The topological polar surface area (TPSA) is 3.24 Å². The van der Waals surface area contributed by atoms with Crippen molar-refractivity contribution >= 4 is 37.5 Å². The first kappa shape index (κ1) is 16.0. The van der Waals surface area contributed by atoms with Crippen molar-refractivity contribution in [2.24, 2.45) is 0 Å². The molecule has 0 saturated heterocycles. The molecule has 0 N–H and O–H groups in total. The Morgan fingerprint density at radius 2 is 1.37 bits per heavy atom. The summed E-state index contributed by atoms with van der Waals surface area (Å²) >= 11 is 7.01. The minimum absolute atomic E-state index is 0.871. The second-order valence-corrected chi connectivity index (χ2v) is 5.78. The third-order valence-electron chi connectivity index (χ3n) is 2.40. The van der Waals surface area contributed by atoms with E-state index in [-0.39, 0.29) is 0 Å². The number of hydrogen-bond acceptors (Lipinski definition) is 1. The van der Waals surface area contributed by atoms with Gasteiger partial charge in [0.2, 0.25) is 0 Å². The molecular weight excluding hydrogens is 366 g/mol. The van der Waals surface area contributed by atoms with Crippen LogP contribution >= 0.6 is 31.9 Å². The second-order valence-electron chi connectivity index (χ2n) is 3.95. The first-order valence-electron chi connectivity index (χ1n) is 5.89. The van der Waals surface area contributed by atoms with E-state index in [0.29, 0.717) is 0 Å². The minimum atomic E-state index is 0.871. The van der Waals surface area contributed by atoms with E-state index < -0.39 is 0 Å². The van der Waals surface area contributed by atoms with E-state index in [1.807, 2.05) is 61.3 Å². The molecule has 3 heteroatoms. The van der Waals surface area contributed by atoms with Crippen LogP contribution in [0.1, 0.15) is 13.8 Å². The van der Waals surface area contributed by atoms with E-state index in [2.05, 4.69) is 45.0 Å². The second kappa shape index (κ2) is 7.51. The maximum absolute atomic E-state index is 4.10. The van der Waals surface area contributed by atoms with Crippen molar-refractivity contribution in [1.29, 1.82) is 0 Å². The summed E-state index contributed by atoms with van der Waals surface area (Å²) in [5.74, 6) is 0. The van der Waals surface area contributed by atoms with Gasteiger partial charge < -0.3 is 4.90 Å². The molecule has 1 nitrogen and oxygen atoms in total. The molecule has 0 spiro atoms. The van der Waals surface area contributed by atoms with Crippen molar-refractivity contribution in [3.05, 3.63) is 76.0 Å². The fourth-order valence-electron chi connectivity index (χ4n) is 1.72. The predicted octanol–water partition coefficient (Wildman–Crippen LogP) is 6.20. The number of anilines is 1. The van der Waals surface area contributed by atoms with Gasteiger partial charge in [0.25, 0.3) is 0 Å². The van der Waals surface area contributed by atoms with Crippen molar-refractivity contribution in [3.63, 3.8) is 0 Å². The molecule has 1 aromatic rings. The molecule has 100 valence electrons. The molecule has 0 aromatic heterocycles. The lowest BCUT2D eigenvalue weighted by atomic mass is 10.2. The van der Waals surface area contributed by atoms with Gasteiger partial charge in [-0.2, -0.15) is 0 Å². The van der Waals surface area contributed by atoms with Crippen LogP contribution in [0.5, 0.6) is 0 Å². The van der Waals surface area contributed by atoms with E-state index in [0.717, 1.165) is 26.0 Å². The molecule has 0 unspecified atom stereocenters. The first-order valence-corrected chi connectivity index (χ1v) is 7.47. The largest absolute Gasteiger partial charge is 0.312 e. The van der Waals surface area contributed by atoms with E-state index in [1.165, 1.54) is 0 Å². The van der Waals surface area contributed by atoms with Gasteiger partial charge in [0, 0.05) is 26.0 Å². The highest BCUT2D eigenvalue weighted by molar-refractivity contribution is 9.11. The zero-order valence-electron chi connectivity index (χ0n) is 11.2. The quantitative estimate of drug-likeness (QED) is 0.548. The third kappa shape index (κ3) is 4.51. The predicted molar refractivity (Wildman–Crippen MR) is 92.2 cm³/mol. The maximum atomic E-state index is 4.10. The first-order chi connectivity index (χ1) is 8.99. The molecule has 0 saturated carbocycles. The molecule has 1 rings (SSSR count). The van der Waals surface area contributed by atoms with Crippen LogP contribution in [0, 0.1) is 0 Å². The zero-order chi connectivity index (χ0) is 14.4. The van der Waals surface area contributed by atoms with Crippen molar-refractivity contribution in [1.82, 2.24) is 0 Å². The Kier molecular flexibility index (Phi) is 6.32. The van der Waals surface area contributed by atoms with Crippen molar-refractivity contribution in [2.45, 2.75) is 13.8 Å². The number of rotatable bonds is 5. The Balaban J connectivity index is 3.29. The Labute approximate surface area is 132 Å². The maximum Gasteiger partial charge on any atom is 0.0483 e. The summed E-state index contributed by atoms with van der Waals surface area (Å²) < 4.78 is 2.01. The van der Waals surface area contributed by atoms with Gasteiger partial charge >= 0.3 is 0 Å². The Morgan fingerprint density at radius 3 is 1.74 bits per heavy atom. The number of nitrogens with zero attached hydrogens (tertiary/aromatic N) is 1. The lowest BCUT2D eigenvalue weighted by Crippen LogP contribution is -2.18. The average Bonchev–Trinajstić information content (AvgIpc) is 2.28. The van der Waals surface area contributed by atoms with Crippen LogP contribution in [-0.2, 0) is 0 Å². The molecule has 0 aliphatic rings. The lowest BCUT2D eigenvalue weighted by Gasteiger charge is -2.26. The summed E-state index contributed by atoms with van der Waals surface area (Å²) in [5, 5.41) is 0. The van der Waals surface area contributed by atoms with Gasteiger partial charge in [0.05, 0.1) is 0 Å². The van der Waals surface area contributed by atoms with Crippen LogP contribution in [0.25, 0.3) is 0 Å². The zero-order valence-corrected chi connectivity index (χ0v) is 14.3. The molecule has 0 fully saturated rings. The highest BCUT2D eigenvalue weighted by Gasteiger charge is 2.11. The lowest BCUT2D eigenvalue weighted by molar-refractivity contribution is 1.15. The number of benzene rings is 1. The van der Waals surface area contributed by atoms with E-state index >= 15 is 0 Å². The van der Waals surface area contributed by atoms with Crippen LogP contribution < -0.4 is 4.90 Å². The van der Waals surface area contributed by atoms with Gasteiger partial charge in [-0.1, -0.05) is 57.2 Å². The third-order valence-corrected chi connectivity index (χ3v) is 3.31. The smallest absolute Gasteiger partial charge is 0.0483 e. The standard InChI is InChI=1S/C16H17Br2N/c1-5-7-12(3)19(13(4)8-6-2)16-10-14(17)9-15(18)11-16/h5-11H,3-4H2,1-2H3/b7-5-,8-6-. The van der Waals surface area contributed by atoms with Gasteiger partial charge in [0.15, 0.2) is 0 Å². The summed E-state index contributed by atoms with van der Waals surface area (Å²) in [6.07, 6.45) is 7.85. The number of allylic oxidation sites excluding steroid dienone is 4. The van der Waals surface area contributed by atoms with Crippen LogP contribution in [0.15, 0.2) is 76.0 Å². The van der Waals surface area contributed by atoms with Crippen molar-refractivity contribution in [3.8, 4) is 0 Å². The summed E-state index contributed by atoms with van der Waals surface area (Å²) in [6, 6.07) is 6.07. The molecule has 0 amide bonds. The SMILES string of the molecule is C=C(/C=C\C)N(C(=C)/C=C\C)c1cc(Br)cc(Br)c1. The molecule has 0 bridgehead atoms. The Morgan fingerprint density at radius 1 is 0.947 bits per heavy atom. The van der Waals surface area contributed by atoms with Crippen LogP contribution in [0.2, 0.25) is 0 Å². The Bertz CT molecular complexity index is 497. The normalized spacial score (nSPS) is 11.2. The molecule has 0 radical (unpaired) electrons. The van der Waals surface area contributed by atoms with E-state index in [9.17, 15) is 0 Å². The van der Waals surface area contributed by atoms with E-state index in [1.54, 1.807) is 0 Å². The molecular formula is C16H17Br2N. The van der Waals surface area contributed by atoms with E-state index in [4.69, 9.17) is 0 Å². The summed E-state index contributed by atoms with van der Waals surface area (Å²) in [7, 11) is 0. The van der Waals surface area contributed by atoms with Gasteiger partial charge in [-0.3, -0.25) is 0 Å². The van der Waals surface area contributed by atoms with Crippen molar-refractivity contribution < 1.29 is 0 Å². The highest BCUT2D eigenvalue weighted by Crippen LogP contribution is 2.30. The molecule has 0 aliphatic carbocycles. The average molecular weight is 383 g/mol. The van der Waals surface area contributed by atoms with Gasteiger partial charge in [-0.15, -0.1) is 0 Å². The fourth-order valence-corrected chi connectivity index (χ4v) is 2.99. The molecule has 19 heavy (non-hydrogen) atoms. The summed E-state index contributed by atoms with van der Waals surface area (Å²) in [5.41, 5.74) is 2.75. The van der Waals surface area contributed by atoms with Gasteiger partial charge in [-0.05, 0) is 44.2 Å². The molecule has 0 atom stereocenters. The number of hydrogen-bond donors (Lipinski definition) is 0. The Hall–Kier alpha value is -1.06. The van der Waals surface area contributed by atoms with Crippen LogP contribution in [0.4, 0.5) is 5.69 Å². The van der Waals surface area contributed by atoms with Crippen LogP contribution in [-0.4, -0.2) is 0 Å². The van der Waals surface area contributed by atoms with Gasteiger partial charge in [-0.25, -0.2) is 0 Å². The summed E-state index contributed by atoms with van der Waals surface area (Å²) in [4.78, 5) is 2.01. The molecule has 0 heterocycles. The molecule has 0 aliphatic heterocycles. The van der Waals surface area contributed by atoms with Crippen LogP contribution in [0.3, 0.4) is 0 Å². The number of halogens is 2. The highest BCUT2D eigenvalue weighted by atomic mass is 79.9. The van der Waals surface area contributed by atoms with Crippen molar-refractivity contribution in [2.75, 3.05) is 4.90 Å².